The molecule has 88 valence electrons. The van der Waals surface area contributed by atoms with Gasteiger partial charge in [0.25, 0.3) is 0 Å². The predicted octanol–water partition coefficient (Wildman–Crippen LogP) is 0.163. The standard InChI is InChI=1S/C11H21NO2S/c1-11(2,14-10(13)8-15)9-5-4-6-12(3)7-9/h9,15H,4-8H2,1-3H3/p+1. The topological polar surface area (TPSA) is 30.7 Å². The third kappa shape index (κ3) is 3.68. The fourth-order valence-corrected chi connectivity index (χ4v) is 2.34. The highest BCUT2D eigenvalue weighted by molar-refractivity contribution is 7.81. The van der Waals surface area contributed by atoms with Crippen LogP contribution in [0, 0.1) is 5.92 Å². The predicted molar refractivity (Wildman–Crippen MR) is 63.4 cm³/mol. The zero-order valence-corrected chi connectivity index (χ0v) is 10.8. The van der Waals surface area contributed by atoms with Gasteiger partial charge in [0.1, 0.15) is 5.60 Å². The van der Waals surface area contributed by atoms with E-state index in [2.05, 4.69) is 19.7 Å². The third-order valence-corrected chi connectivity index (χ3v) is 3.50. The molecule has 3 nitrogen and oxygen atoms in total. The van der Waals surface area contributed by atoms with Crippen LogP contribution in [0.2, 0.25) is 0 Å². The maximum atomic E-state index is 11.2. The summed E-state index contributed by atoms with van der Waals surface area (Å²) in [4.78, 5) is 12.8. The molecule has 0 aromatic rings. The van der Waals surface area contributed by atoms with E-state index in [9.17, 15) is 4.79 Å². The molecule has 0 aliphatic carbocycles. The molecule has 0 aromatic carbocycles. The minimum absolute atomic E-state index is 0.166. The number of hydrogen-bond donors (Lipinski definition) is 2. The minimum Gasteiger partial charge on any atom is -0.459 e. The number of rotatable bonds is 3. The van der Waals surface area contributed by atoms with Gasteiger partial charge in [-0.25, -0.2) is 0 Å². The Morgan fingerprint density at radius 2 is 2.27 bits per heavy atom. The van der Waals surface area contributed by atoms with Gasteiger partial charge in [-0.15, -0.1) is 0 Å². The summed E-state index contributed by atoms with van der Waals surface area (Å²) in [6.07, 6.45) is 2.38. The Bertz CT molecular complexity index is 231. The molecule has 1 fully saturated rings. The van der Waals surface area contributed by atoms with E-state index < -0.39 is 0 Å². The maximum Gasteiger partial charge on any atom is 0.316 e. The second kappa shape index (κ2) is 5.21. The van der Waals surface area contributed by atoms with E-state index in [1.807, 2.05) is 13.8 Å². The van der Waals surface area contributed by atoms with Gasteiger partial charge < -0.3 is 9.64 Å². The summed E-state index contributed by atoms with van der Waals surface area (Å²) >= 11 is 3.93. The number of carbonyl (C=O) groups excluding carboxylic acids is 1. The van der Waals surface area contributed by atoms with Crippen LogP contribution in [0.5, 0.6) is 0 Å². The number of hydrogen-bond acceptors (Lipinski definition) is 3. The van der Waals surface area contributed by atoms with Crippen molar-refractivity contribution in [2.24, 2.45) is 5.92 Å². The Kier molecular flexibility index (Phi) is 4.46. The average Bonchev–Trinajstić information content (AvgIpc) is 2.17. The summed E-state index contributed by atoms with van der Waals surface area (Å²) in [6, 6.07) is 0. The highest BCUT2D eigenvalue weighted by atomic mass is 32.1. The van der Waals surface area contributed by atoms with Crippen molar-refractivity contribution in [2.45, 2.75) is 32.3 Å². The number of quaternary nitrogens is 1. The Morgan fingerprint density at radius 1 is 1.60 bits per heavy atom. The molecule has 1 saturated heterocycles. The molecule has 0 spiro atoms. The van der Waals surface area contributed by atoms with E-state index in [1.54, 1.807) is 0 Å². The number of piperidine rings is 1. The lowest BCUT2D eigenvalue weighted by atomic mass is 9.84. The van der Waals surface area contributed by atoms with Gasteiger partial charge >= 0.3 is 5.97 Å². The van der Waals surface area contributed by atoms with Crippen molar-refractivity contribution < 1.29 is 14.4 Å². The van der Waals surface area contributed by atoms with Crippen molar-refractivity contribution in [3.63, 3.8) is 0 Å². The van der Waals surface area contributed by atoms with E-state index in [-0.39, 0.29) is 17.3 Å². The van der Waals surface area contributed by atoms with Crippen LogP contribution >= 0.6 is 12.6 Å². The lowest BCUT2D eigenvalue weighted by molar-refractivity contribution is -0.889. The zero-order chi connectivity index (χ0) is 11.5. The highest BCUT2D eigenvalue weighted by Crippen LogP contribution is 2.26. The maximum absolute atomic E-state index is 11.2. The van der Waals surface area contributed by atoms with Crippen LogP contribution in [0.1, 0.15) is 26.7 Å². The molecule has 2 atom stereocenters. The van der Waals surface area contributed by atoms with Crippen molar-refractivity contribution >= 4 is 18.6 Å². The van der Waals surface area contributed by atoms with E-state index >= 15 is 0 Å². The van der Waals surface area contributed by atoms with Crippen molar-refractivity contribution in [3.8, 4) is 0 Å². The molecule has 0 bridgehead atoms. The van der Waals surface area contributed by atoms with Crippen LogP contribution < -0.4 is 4.90 Å². The van der Waals surface area contributed by atoms with Crippen LogP contribution in [-0.2, 0) is 9.53 Å². The molecule has 0 aromatic heterocycles. The molecule has 0 saturated carbocycles. The third-order valence-electron chi connectivity index (χ3n) is 3.24. The van der Waals surface area contributed by atoms with Crippen molar-refractivity contribution in [3.05, 3.63) is 0 Å². The first-order chi connectivity index (χ1) is 6.95. The first kappa shape index (κ1) is 12.8. The molecule has 0 radical (unpaired) electrons. The SMILES string of the molecule is C[NH+]1CCCC(C(C)(C)OC(=O)CS)C1. The highest BCUT2D eigenvalue weighted by Gasteiger charge is 2.37. The lowest BCUT2D eigenvalue weighted by Gasteiger charge is -2.37. The molecule has 4 heteroatoms. The van der Waals surface area contributed by atoms with Crippen molar-refractivity contribution in [1.29, 1.82) is 0 Å². The fourth-order valence-electron chi connectivity index (χ4n) is 2.28. The van der Waals surface area contributed by atoms with E-state index in [0.717, 1.165) is 13.0 Å². The van der Waals surface area contributed by atoms with Gasteiger partial charge in [-0.3, -0.25) is 4.79 Å². The number of ether oxygens (including phenoxy) is 1. The summed E-state index contributed by atoms with van der Waals surface area (Å²) in [5, 5.41) is 0. The summed E-state index contributed by atoms with van der Waals surface area (Å²) in [5.41, 5.74) is -0.346. The van der Waals surface area contributed by atoms with Gasteiger partial charge in [0, 0.05) is 5.92 Å². The molecule has 2 unspecified atom stereocenters. The average molecular weight is 232 g/mol. The summed E-state index contributed by atoms with van der Waals surface area (Å²) in [7, 11) is 2.20. The molecule has 1 aliphatic rings. The number of esters is 1. The fraction of sp³-hybridized carbons (Fsp3) is 0.909. The molecule has 0 amide bonds. The van der Waals surface area contributed by atoms with Gasteiger partial charge in [-0.05, 0) is 26.7 Å². The van der Waals surface area contributed by atoms with Crippen LogP contribution in [0.3, 0.4) is 0 Å². The largest absolute Gasteiger partial charge is 0.459 e. The molecular weight excluding hydrogens is 210 g/mol. The lowest BCUT2D eigenvalue weighted by Crippen LogP contribution is -3.11. The van der Waals surface area contributed by atoms with Crippen LogP contribution in [0.25, 0.3) is 0 Å². The number of nitrogens with one attached hydrogen (secondary N) is 1. The number of thiol groups is 1. The van der Waals surface area contributed by atoms with Gasteiger partial charge in [0.15, 0.2) is 0 Å². The molecule has 1 rings (SSSR count). The molecule has 1 N–H and O–H groups in total. The summed E-state index contributed by atoms with van der Waals surface area (Å²) < 4.78 is 5.45. The molecule has 15 heavy (non-hydrogen) atoms. The van der Waals surface area contributed by atoms with Crippen LogP contribution in [0.15, 0.2) is 0 Å². The van der Waals surface area contributed by atoms with E-state index in [4.69, 9.17) is 4.74 Å². The number of carbonyl (C=O) groups is 1. The smallest absolute Gasteiger partial charge is 0.316 e. The summed E-state index contributed by atoms with van der Waals surface area (Å²) in [5.74, 6) is 0.417. The minimum atomic E-state index is -0.346. The van der Waals surface area contributed by atoms with Crippen molar-refractivity contribution in [2.75, 3.05) is 25.9 Å². The van der Waals surface area contributed by atoms with Gasteiger partial charge in [-0.1, -0.05) is 0 Å². The zero-order valence-electron chi connectivity index (χ0n) is 9.88. The Balaban J connectivity index is 2.55. The summed E-state index contributed by atoms with van der Waals surface area (Å²) in [6.45, 7) is 6.34. The van der Waals surface area contributed by atoms with E-state index in [1.165, 1.54) is 17.9 Å². The first-order valence-electron chi connectivity index (χ1n) is 5.59. The normalized spacial score (nSPS) is 27.5. The number of likely N-dealkylation sites (tertiary alicyclic amines) is 1. The molecule has 1 heterocycles. The Morgan fingerprint density at radius 3 is 2.80 bits per heavy atom. The molecule has 1 aliphatic heterocycles. The van der Waals surface area contributed by atoms with Gasteiger partial charge in [0.2, 0.25) is 0 Å². The first-order valence-corrected chi connectivity index (χ1v) is 6.23. The molecular formula is C11H22NO2S+. The van der Waals surface area contributed by atoms with Gasteiger partial charge in [-0.2, -0.15) is 12.6 Å². The second-order valence-corrected chi connectivity index (χ2v) is 5.30. The Hall–Kier alpha value is -0.220. The Labute approximate surface area is 97.6 Å². The van der Waals surface area contributed by atoms with Crippen molar-refractivity contribution in [1.82, 2.24) is 0 Å². The monoisotopic (exact) mass is 232 g/mol. The van der Waals surface area contributed by atoms with Crippen LogP contribution in [0.4, 0.5) is 0 Å². The second-order valence-electron chi connectivity index (χ2n) is 4.99. The van der Waals surface area contributed by atoms with E-state index in [0.29, 0.717) is 5.92 Å². The quantitative estimate of drug-likeness (QED) is 0.536. The van der Waals surface area contributed by atoms with Gasteiger partial charge in [0.05, 0.1) is 25.9 Å². The van der Waals surface area contributed by atoms with Crippen LogP contribution in [-0.4, -0.2) is 37.5 Å².